The average molecular weight is 733 g/mol. The third-order valence-electron chi connectivity index (χ3n) is 9.60. The smallest absolute Gasteiger partial charge is 0.457 e. The zero-order chi connectivity index (χ0) is 37.0. The largest absolute Gasteiger partial charge is 0.490 e. The molecule has 52 heavy (non-hydrogen) atoms. The number of aromatic nitrogens is 4. The van der Waals surface area contributed by atoms with Gasteiger partial charge in [0.15, 0.2) is 17.0 Å². The van der Waals surface area contributed by atoms with Crippen LogP contribution in [-0.2, 0) is 20.7 Å². The summed E-state index contributed by atoms with van der Waals surface area (Å²) in [5.74, 6) is -2.26. The van der Waals surface area contributed by atoms with Crippen molar-refractivity contribution in [3.05, 3.63) is 42.2 Å². The maximum atomic E-state index is 13.1. The maximum Gasteiger partial charge on any atom is 0.490 e. The minimum absolute atomic E-state index is 0.0377. The fourth-order valence-electron chi connectivity index (χ4n) is 6.88. The number of amides is 3. The van der Waals surface area contributed by atoms with Gasteiger partial charge in [0.05, 0.1) is 24.5 Å². The van der Waals surface area contributed by atoms with Gasteiger partial charge in [0.25, 0.3) is 0 Å². The Morgan fingerprint density at radius 3 is 2.54 bits per heavy atom. The predicted molar refractivity (Wildman–Crippen MR) is 181 cm³/mol. The van der Waals surface area contributed by atoms with E-state index in [1.165, 1.54) is 6.33 Å². The minimum atomic E-state index is -5.18. The van der Waals surface area contributed by atoms with Crippen molar-refractivity contribution in [2.45, 2.75) is 87.6 Å². The summed E-state index contributed by atoms with van der Waals surface area (Å²) in [6.45, 7) is 3.36. The number of fused-ring (bicyclic) bond motifs is 1. The summed E-state index contributed by atoms with van der Waals surface area (Å²) >= 11 is 0. The topological polar surface area (TPSA) is 208 Å². The Morgan fingerprint density at radius 1 is 1.06 bits per heavy atom. The van der Waals surface area contributed by atoms with Crippen LogP contribution in [0.1, 0.15) is 44.2 Å². The molecule has 7 atom stereocenters. The Bertz CT molecular complexity index is 1720. The van der Waals surface area contributed by atoms with Gasteiger partial charge in [0.2, 0.25) is 11.9 Å². The lowest BCUT2D eigenvalue weighted by Crippen LogP contribution is -2.47. The minimum Gasteiger partial charge on any atom is -0.457 e. The molecular weight excluding hydrogens is 689 g/mol. The molecule has 282 valence electrons. The average Bonchev–Trinajstić information content (AvgIpc) is 3.93. The Hall–Kier alpha value is -4.75. The molecule has 1 saturated carbocycles. The van der Waals surface area contributed by atoms with Crippen molar-refractivity contribution in [3.8, 4) is 0 Å². The number of hydrogen-bond acceptors (Lipinski definition) is 12. The highest BCUT2D eigenvalue weighted by Gasteiger charge is 2.44. The van der Waals surface area contributed by atoms with E-state index >= 15 is 0 Å². The molecule has 0 bridgehead atoms. The van der Waals surface area contributed by atoms with Crippen LogP contribution in [0.5, 0.6) is 0 Å². The number of nitrogens with zero attached hydrogens (tertiary/aromatic N) is 5. The van der Waals surface area contributed by atoms with Crippen LogP contribution in [0.15, 0.2) is 36.7 Å². The number of ether oxygens (including phenoxy) is 1. The number of rotatable bonds is 12. The van der Waals surface area contributed by atoms with E-state index in [-0.39, 0.29) is 66.2 Å². The van der Waals surface area contributed by atoms with Crippen molar-refractivity contribution in [2.24, 2.45) is 0 Å². The fourth-order valence-corrected chi connectivity index (χ4v) is 6.88. The normalized spacial score (nSPS) is 25.2. The number of aliphatic hydroxyl groups is 2. The number of carbonyl (C=O) groups is 3. The zero-order valence-electron chi connectivity index (χ0n) is 28.5. The summed E-state index contributed by atoms with van der Waals surface area (Å²) in [6, 6.07) is 6.05. The molecule has 6 rings (SSSR count). The number of esters is 1. The Kier molecular flexibility index (Phi) is 11.3. The molecule has 0 spiro atoms. The summed E-state index contributed by atoms with van der Waals surface area (Å²) in [6.07, 6.45) is -4.41. The molecule has 3 aromatic rings. The van der Waals surface area contributed by atoms with Crippen molar-refractivity contribution in [1.29, 1.82) is 0 Å². The van der Waals surface area contributed by atoms with Crippen LogP contribution in [0.2, 0.25) is 0 Å². The number of carbonyl (C=O) groups excluding carboxylic acids is 3. The number of halogens is 3. The van der Waals surface area contributed by atoms with Gasteiger partial charge in [-0.15, -0.1) is 0 Å². The summed E-state index contributed by atoms with van der Waals surface area (Å²) < 4.78 is 45.5. The zero-order valence-corrected chi connectivity index (χ0v) is 28.5. The quantitative estimate of drug-likeness (QED) is 0.129. The number of imidazole rings is 1. The third-order valence-corrected chi connectivity index (χ3v) is 9.60. The van der Waals surface area contributed by atoms with E-state index in [1.54, 1.807) is 41.8 Å². The molecule has 4 heterocycles. The number of anilines is 2. The predicted octanol–water partition coefficient (Wildman–Crippen LogP) is 0.756. The summed E-state index contributed by atoms with van der Waals surface area (Å²) in [5.41, 5.74) is 1.22. The summed E-state index contributed by atoms with van der Waals surface area (Å²) in [5, 5.41) is 37.0. The van der Waals surface area contributed by atoms with Gasteiger partial charge < -0.3 is 51.0 Å². The molecule has 0 radical (unpaired) electrons. The van der Waals surface area contributed by atoms with Crippen LogP contribution in [0, 0.1) is 0 Å². The second-order valence-corrected chi connectivity index (χ2v) is 13.4. The highest BCUT2D eigenvalue weighted by Crippen LogP contribution is 2.35. The van der Waals surface area contributed by atoms with Gasteiger partial charge in [-0.3, -0.25) is 4.79 Å². The lowest BCUT2D eigenvalue weighted by atomic mass is 10.1. The summed E-state index contributed by atoms with van der Waals surface area (Å²) in [7, 11) is 0. The van der Waals surface area contributed by atoms with Gasteiger partial charge in [0, 0.05) is 38.1 Å². The van der Waals surface area contributed by atoms with Gasteiger partial charge in [-0.2, -0.15) is 23.1 Å². The van der Waals surface area contributed by atoms with Crippen LogP contribution in [0.3, 0.4) is 0 Å². The van der Waals surface area contributed by atoms with Crippen LogP contribution >= 0.6 is 0 Å². The van der Waals surface area contributed by atoms with E-state index in [0.717, 1.165) is 18.5 Å². The van der Waals surface area contributed by atoms with E-state index < -0.39 is 49.1 Å². The first-order chi connectivity index (χ1) is 24.9. The number of benzene rings is 1. The second kappa shape index (κ2) is 15.9. The van der Waals surface area contributed by atoms with Gasteiger partial charge in [0.1, 0.15) is 18.8 Å². The third kappa shape index (κ3) is 8.64. The Labute approximate surface area is 296 Å². The lowest BCUT2D eigenvalue weighted by Gasteiger charge is -2.23. The molecule has 2 saturated heterocycles. The van der Waals surface area contributed by atoms with Gasteiger partial charge in [-0.1, -0.05) is 37.3 Å². The SMILES string of the molecule is CCC(=O)N[C@H]1C[C@@H](n2cnc3c(N[C@H](COC(=O)C(F)(F)F)Cc4ccccc4)nc(N4CC[C@@H](NC(=O)N[C@@H]5CCNC5)C4)nc32)[C@H](O)[C@@H]1O. The molecule has 0 unspecified atom stereocenters. The number of urea groups is 1. The van der Waals surface area contributed by atoms with Gasteiger partial charge in [-0.25, -0.2) is 14.6 Å². The lowest BCUT2D eigenvalue weighted by molar-refractivity contribution is -0.199. The molecule has 3 amide bonds. The first kappa shape index (κ1) is 37.0. The van der Waals surface area contributed by atoms with Gasteiger partial charge >= 0.3 is 18.2 Å². The molecule has 19 heteroatoms. The maximum absolute atomic E-state index is 13.1. The van der Waals surface area contributed by atoms with Crippen molar-refractivity contribution in [1.82, 2.24) is 40.8 Å². The van der Waals surface area contributed by atoms with E-state index in [4.69, 9.17) is 9.97 Å². The molecular formula is C33H43F3N10O6. The Morgan fingerprint density at radius 2 is 1.83 bits per heavy atom. The van der Waals surface area contributed by atoms with Crippen molar-refractivity contribution < 1.29 is 42.5 Å². The van der Waals surface area contributed by atoms with Crippen molar-refractivity contribution in [3.63, 3.8) is 0 Å². The Balaban J connectivity index is 1.31. The first-order valence-electron chi connectivity index (χ1n) is 17.4. The molecule has 3 aliphatic rings. The fraction of sp³-hybridized carbons (Fsp3) is 0.576. The molecule has 1 aromatic carbocycles. The van der Waals surface area contributed by atoms with Crippen LogP contribution in [0.25, 0.3) is 11.2 Å². The van der Waals surface area contributed by atoms with E-state index in [9.17, 15) is 37.8 Å². The molecule has 7 N–H and O–H groups in total. The number of aliphatic hydroxyl groups excluding tert-OH is 2. The summed E-state index contributed by atoms with van der Waals surface area (Å²) in [4.78, 5) is 52.4. The number of nitrogens with one attached hydrogen (secondary N) is 5. The van der Waals surface area contributed by atoms with Crippen molar-refractivity contribution >= 4 is 40.8 Å². The number of alkyl halides is 3. The van der Waals surface area contributed by atoms with Gasteiger partial charge in [-0.05, 0) is 37.8 Å². The van der Waals surface area contributed by atoms with E-state index in [0.29, 0.717) is 26.1 Å². The monoisotopic (exact) mass is 732 g/mol. The number of hydrogen-bond donors (Lipinski definition) is 7. The second-order valence-electron chi connectivity index (χ2n) is 13.4. The van der Waals surface area contributed by atoms with E-state index in [1.807, 2.05) is 4.90 Å². The van der Waals surface area contributed by atoms with Crippen LogP contribution in [-0.4, -0.2) is 123 Å². The molecule has 3 fully saturated rings. The molecule has 2 aliphatic heterocycles. The molecule has 16 nitrogen and oxygen atoms in total. The molecule has 2 aromatic heterocycles. The van der Waals surface area contributed by atoms with Crippen LogP contribution < -0.4 is 31.5 Å². The standard InChI is InChI=1S/C33H43F3N10O6/c1-2-24(47)42-22-13-23(27(49)26(22)48)46-17-38-25-28(39-21(12-18-6-4-3-5-7-18)16-52-30(50)33(34,35)36)43-31(44-29(25)46)45-11-9-20(15-45)41-32(51)40-19-8-10-37-14-19/h3-7,17,19-23,26-27,37,48-49H,2,8-16H2,1H3,(H,42,47)(H,39,43,44)(H2,40,41,51)/t19-,20-,21+,22+,23-,26-,27+/m1/s1. The highest BCUT2D eigenvalue weighted by atomic mass is 19.4. The first-order valence-corrected chi connectivity index (χ1v) is 17.4. The van der Waals surface area contributed by atoms with Crippen molar-refractivity contribution in [2.75, 3.05) is 43.0 Å². The highest BCUT2D eigenvalue weighted by molar-refractivity contribution is 5.85. The van der Waals surface area contributed by atoms with E-state index in [2.05, 4.69) is 36.3 Å². The molecule has 1 aliphatic carbocycles. The van der Waals surface area contributed by atoms with Crippen LogP contribution in [0.4, 0.5) is 29.7 Å².